The topological polar surface area (TPSA) is 25.5 Å². The predicted molar refractivity (Wildman–Crippen MR) is 228 cm³/mol. The molecular weight excluding hydrogens is 663 g/mol. The standard InChI is InChI=1S/C50H37NOS/c1-30-26-42(33-12-5-4-6-13-33)31(2)32(3)50(51-49(30)38-24-25-47-43(29-38)40-14-8-10-19-46(40)53-47)37-23-21-34-27-36(22-20-35(34)28-37)39-16-11-18-45-48(39)41-15-7-9-17-44(41)52-45/h4-25,27-29,32H,26H2,1-3H3/b42-31+,49-30-,51-50+. The van der Waals surface area contributed by atoms with Crippen LogP contribution in [-0.2, 0) is 0 Å². The van der Waals surface area contributed by atoms with E-state index in [-0.39, 0.29) is 5.92 Å². The number of hydrogen-bond acceptors (Lipinski definition) is 3. The fourth-order valence-electron chi connectivity index (χ4n) is 8.32. The number of thiophene rings is 1. The van der Waals surface area contributed by atoms with Gasteiger partial charge in [0.15, 0.2) is 0 Å². The number of benzene rings is 7. The van der Waals surface area contributed by atoms with Gasteiger partial charge in [-0.2, -0.15) is 0 Å². The second kappa shape index (κ2) is 12.6. The van der Waals surface area contributed by atoms with E-state index in [1.165, 1.54) is 69.9 Å². The summed E-state index contributed by atoms with van der Waals surface area (Å²) in [5, 5.41) is 7.32. The summed E-state index contributed by atoms with van der Waals surface area (Å²) in [6.07, 6.45) is 0.855. The van der Waals surface area contributed by atoms with E-state index in [4.69, 9.17) is 9.41 Å². The zero-order valence-corrected chi connectivity index (χ0v) is 30.8. The maximum absolute atomic E-state index is 6.22. The third-order valence-electron chi connectivity index (χ3n) is 11.2. The number of hydrogen-bond donors (Lipinski definition) is 0. The van der Waals surface area contributed by atoms with Crippen molar-refractivity contribution in [3.8, 4) is 11.1 Å². The van der Waals surface area contributed by atoms with Crippen molar-refractivity contribution in [2.75, 3.05) is 0 Å². The van der Waals surface area contributed by atoms with E-state index in [1.54, 1.807) is 0 Å². The third-order valence-corrected chi connectivity index (χ3v) is 12.4. The molecule has 0 saturated carbocycles. The van der Waals surface area contributed by atoms with Crippen LogP contribution in [0.3, 0.4) is 0 Å². The van der Waals surface area contributed by atoms with Crippen LogP contribution in [0.15, 0.2) is 172 Å². The molecule has 1 aliphatic rings. The number of aliphatic imine (C=N–C) groups is 1. The molecule has 2 aromatic heterocycles. The molecule has 3 heteroatoms. The second-order valence-corrected chi connectivity index (χ2v) is 15.5. The molecule has 1 unspecified atom stereocenters. The van der Waals surface area contributed by atoms with Crippen molar-refractivity contribution in [3.63, 3.8) is 0 Å². The number of furan rings is 1. The Morgan fingerprint density at radius 3 is 2.09 bits per heavy atom. The first-order valence-corrected chi connectivity index (χ1v) is 19.2. The van der Waals surface area contributed by atoms with Gasteiger partial charge in [0.05, 0.1) is 11.4 Å². The van der Waals surface area contributed by atoms with Gasteiger partial charge in [-0.05, 0) is 107 Å². The number of rotatable bonds is 4. The van der Waals surface area contributed by atoms with Crippen LogP contribution < -0.4 is 0 Å². The lowest BCUT2D eigenvalue weighted by Gasteiger charge is -2.25. The van der Waals surface area contributed by atoms with E-state index in [0.717, 1.165) is 45.3 Å². The van der Waals surface area contributed by atoms with Crippen LogP contribution in [0.5, 0.6) is 0 Å². The van der Waals surface area contributed by atoms with Crippen LogP contribution in [-0.4, -0.2) is 5.71 Å². The van der Waals surface area contributed by atoms with Gasteiger partial charge in [-0.25, -0.2) is 0 Å². The fraction of sp³-hybridized carbons (Fsp3) is 0.100. The lowest BCUT2D eigenvalue weighted by atomic mass is 9.82. The first kappa shape index (κ1) is 31.7. The van der Waals surface area contributed by atoms with Crippen molar-refractivity contribution in [3.05, 3.63) is 179 Å². The lowest BCUT2D eigenvalue weighted by molar-refractivity contribution is 0.669. The molecule has 1 atom stereocenters. The number of fused-ring (bicyclic) bond motifs is 7. The van der Waals surface area contributed by atoms with Gasteiger partial charge in [0.1, 0.15) is 11.2 Å². The van der Waals surface area contributed by atoms with Crippen LogP contribution in [0.1, 0.15) is 43.9 Å². The molecule has 2 nitrogen and oxygen atoms in total. The van der Waals surface area contributed by atoms with Crippen molar-refractivity contribution in [1.29, 1.82) is 0 Å². The van der Waals surface area contributed by atoms with Crippen LogP contribution in [0.25, 0.3) is 75.3 Å². The van der Waals surface area contributed by atoms with Gasteiger partial charge in [-0.3, -0.25) is 4.99 Å². The summed E-state index contributed by atoms with van der Waals surface area (Å²) in [4.78, 5) is 5.67. The Bertz CT molecular complexity index is 3010. The molecule has 0 fully saturated rings. The molecular formula is C50H37NOS. The summed E-state index contributed by atoms with van der Waals surface area (Å²) >= 11 is 1.86. The zero-order valence-electron chi connectivity index (χ0n) is 30.0. The van der Waals surface area contributed by atoms with E-state index in [1.807, 2.05) is 23.5 Å². The Morgan fingerprint density at radius 1 is 0.566 bits per heavy atom. The molecule has 53 heavy (non-hydrogen) atoms. The van der Waals surface area contributed by atoms with Crippen molar-refractivity contribution in [2.24, 2.45) is 10.9 Å². The van der Waals surface area contributed by atoms with Crippen molar-refractivity contribution < 1.29 is 4.42 Å². The summed E-state index contributed by atoms with van der Waals surface area (Å²) in [6, 6.07) is 54.9. The monoisotopic (exact) mass is 699 g/mol. The average molecular weight is 700 g/mol. The SMILES string of the molecule is C/C1=C(c2ccc3sc4ccccc4c3c2)/N=C(/c2ccc3cc(-c4cccc5oc6ccccc6c45)ccc3c2)C(C)/C(C)=C(/c2ccccc2)C1. The van der Waals surface area contributed by atoms with Crippen molar-refractivity contribution >= 4 is 81.2 Å². The van der Waals surface area contributed by atoms with Gasteiger partial charge < -0.3 is 4.42 Å². The Balaban J connectivity index is 1.13. The molecule has 0 radical (unpaired) electrons. The summed E-state index contributed by atoms with van der Waals surface area (Å²) in [6.45, 7) is 6.90. The fourth-order valence-corrected chi connectivity index (χ4v) is 9.41. The molecule has 0 bridgehead atoms. The summed E-state index contributed by atoms with van der Waals surface area (Å²) in [5.41, 5.74) is 14.0. The quantitative estimate of drug-likeness (QED) is 0.180. The van der Waals surface area contributed by atoms with E-state index in [9.17, 15) is 0 Å². The van der Waals surface area contributed by atoms with E-state index >= 15 is 0 Å². The summed E-state index contributed by atoms with van der Waals surface area (Å²) in [5.74, 6) is 0.114. The number of para-hydroxylation sites is 1. The summed E-state index contributed by atoms with van der Waals surface area (Å²) < 4.78 is 8.85. The molecule has 9 aromatic rings. The van der Waals surface area contributed by atoms with E-state index in [2.05, 4.69) is 160 Å². The van der Waals surface area contributed by atoms with E-state index in [0.29, 0.717) is 0 Å². The third kappa shape index (κ3) is 5.34. The molecule has 0 spiro atoms. The summed E-state index contributed by atoms with van der Waals surface area (Å²) in [7, 11) is 0. The molecule has 0 amide bonds. The first-order valence-electron chi connectivity index (χ1n) is 18.4. The predicted octanol–water partition coefficient (Wildman–Crippen LogP) is 14.5. The molecule has 3 heterocycles. The first-order chi connectivity index (χ1) is 26.0. The van der Waals surface area contributed by atoms with Crippen molar-refractivity contribution in [1.82, 2.24) is 0 Å². The number of allylic oxidation sites excluding steroid dienone is 3. The maximum Gasteiger partial charge on any atom is 0.136 e. The average Bonchev–Trinajstić information content (AvgIpc) is 3.77. The Morgan fingerprint density at radius 2 is 1.25 bits per heavy atom. The van der Waals surface area contributed by atoms with Gasteiger partial charge in [-0.15, -0.1) is 11.3 Å². The molecule has 10 rings (SSSR count). The maximum atomic E-state index is 6.22. The molecule has 254 valence electrons. The van der Waals surface area contributed by atoms with Crippen LogP contribution in [0, 0.1) is 5.92 Å². The molecule has 0 aliphatic carbocycles. The highest BCUT2D eigenvalue weighted by atomic mass is 32.1. The van der Waals surface area contributed by atoms with Gasteiger partial charge in [-0.1, -0.05) is 122 Å². The Labute approximate surface area is 313 Å². The van der Waals surface area contributed by atoms with Gasteiger partial charge in [0.2, 0.25) is 0 Å². The minimum atomic E-state index is 0.114. The van der Waals surface area contributed by atoms with Gasteiger partial charge in [0, 0.05) is 42.4 Å². The largest absolute Gasteiger partial charge is 0.456 e. The van der Waals surface area contributed by atoms with E-state index < -0.39 is 0 Å². The van der Waals surface area contributed by atoms with Crippen LogP contribution in [0.4, 0.5) is 0 Å². The van der Waals surface area contributed by atoms with Gasteiger partial charge >= 0.3 is 0 Å². The lowest BCUT2D eigenvalue weighted by Crippen LogP contribution is -2.17. The minimum Gasteiger partial charge on any atom is -0.456 e. The molecule has 0 saturated heterocycles. The normalized spacial score (nSPS) is 19.2. The highest BCUT2D eigenvalue weighted by Gasteiger charge is 2.24. The molecule has 7 aromatic carbocycles. The highest BCUT2D eigenvalue weighted by molar-refractivity contribution is 7.25. The Kier molecular flexibility index (Phi) is 7.52. The van der Waals surface area contributed by atoms with Crippen LogP contribution in [0.2, 0.25) is 0 Å². The number of nitrogens with zero attached hydrogens (tertiary/aromatic N) is 1. The highest BCUT2D eigenvalue weighted by Crippen LogP contribution is 2.41. The smallest absolute Gasteiger partial charge is 0.136 e. The van der Waals surface area contributed by atoms with Crippen molar-refractivity contribution in [2.45, 2.75) is 27.2 Å². The molecule has 0 N–H and O–H groups in total. The zero-order chi connectivity index (χ0) is 35.6. The van der Waals surface area contributed by atoms with Crippen LogP contribution >= 0.6 is 11.3 Å². The minimum absolute atomic E-state index is 0.114. The van der Waals surface area contributed by atoms with Gasteiger partial charge in [0.25, 0.3) is 0 Å². The second-order valence-electron chi connectivity index (χ2n) is 14.4. The Hall–Kier alpha value is -6.03. The molecule has 1 aliphatic heterocycles.